The van der Waals surface area contributed by atoms with Crippen LogP contribution in [0.25, 0.3) is 0 Å². The Hall–Kier alpha value is -2.10. The zero-order valence-electron chi connectivity index (χ0n) is 24.4. The number of halogens is 19. The van der Waals surface area contributed by atoms with Crippen LogP contribution in [0.5, 0.6) is 0 Å². The number of hydrogen-bond donors (Lipinski definition) is 4. The highest BCUT2D eigenvalue weighted by Gasteiger charge is 2.97. The first-order chi connectivity index (χ1) is 21.3. The quantitative estimate of drug-likeness (QED) is 0.159. The smallest absolute Gasteiger partial charge is 0.394 e. The topological polar surface area (TPSA) is 110 Å². The molecule has 8 nitrogen and oxygen atoms in total. The molecule has 0 aromatic carbocycles. The van der Waals surface area contributed by atoms with E-state index in [4.69, 9.17) is 0 Å². The average Bonchev–Trinajstić information content (AvgIpc) is 2.92. The van der Waals surface area contributed by atoms with Crippen LogP contribution in [0.4, 0.5) is 83.4 Å². The molecule has 1 saturated heterocycles. The van der Waals surface area contributed by atoms with E-state index in [9.17, 15) is 109 Å². The molecule has 0 bridgehead atoms. The molecule has 5 atom stereocenters. The molecule has 0 aliphatic carbocycles. The van der Waals surface area contributed by atoms with Gasteiger partial charge in [0.05, 0.1) is 34.3 Å². The van der Waals surface area contributed by atoms with E-state index in [1.165, 1.54) is 21.1 Å². The molecule has 1 heterocycles. The van der Waals surface area contributed by atoms with Crippen LogP contribution >= 0.6 is 0 Å². The Bertz CT molecular complexity index is 1170. The van der Waals surface area contributed by atoms with Gasteiger partial charge >= 0.3 is 59.5 Å². The Labute approximate surface area is 261 Å². The van der Waals surface area contributed by atoms with E-state index >= 15 is 0 Å². The van der Waals surface area contributed by atoms with Crippen LogP contribution in [0, 0.1) is 0 Å². The van der Waals surface area contributed by atoms with Gasteiger partial charge in [0.2, 0.25) is 0 Å². The summed E-state index contributed by atoms with van der Waals surface area (Å²) in [6.45, 7) is -3.28. The van der Waals surface area contributed by atoms with Gasteiger partial charge in [0, 0.05) is 13.0 Å². The van der Waals surface area contributed by atoms with Gasteiger partial charge in [-0.1, -0.05) is 0 Å². The van der Waals surface area contributed by atoms with Crippen LogP contribution < -0.4 is 0 Å². The maximum atomic E-state index is 14.9. The molecule has 1 rings (SSSR count). The third-order valence-corrected chi connectivity index (χ3v) is 7.05. The summed E-state index contributed by atoms with van der Waals surface area (Å²) in [6, 6.07) is 0. The zero-order chi connectivity index (χ0) is 39.6. The Morgan fingerprint density at radius 3 is 1.33 bits per heavy atom. The van der Waals surface area contributed by atoms with Gasteiger partial charge in [0.15, 0.2) is 6.23 Å². The van der Waals surface area contributed by atoms with Crippen LogP contribution in [-0.2, 0) is 9.53 Å². The minimum atomic E-state index is -9.19. The second-order valence-electron chi connectivity index (χ2n) is 11.7. The number of carbonyl (C=O) groups excluding carboxylic acids is 1. The van der Waals surface area contributed by atoms with Crippen molar-refractivity contribution in [1.29, 1.82) is 0 Å². The van der Waals surface area contributed by atoms with Gasteiger partial charge in [-0.3, -0.25) is 4.79 Å². The summed E-state index contributed by atoms with van der Waals surface area (Å²) in [6.07, 6.45) is -22.0. The summed E-state index contributed by atoms with van der Waals surface area (Å²) < 4.78 is 266. The molecule has 0 spiro atoms. The first kappa shape index (κ1) is 44.9. The van der Waals surface area contributed by atoms with Crippen molar-refractivity contribution in [1.82, 2.24) is 4.90 Å². The minimum Gasteiger partial charge on any atom is -0.394 e. The molecule has 1 amide bonds. The number of rotatable bonds is 14. The minimum absolute atomic E-state index is 0.200. The zero-order valence-corrected chi connectivity index (χ0v) is 24.4. The number of carbonyl (C=O) groups is 1. The number of nitrogens with zero attached hydrogens (tertiary/aromatic N) is 2. The predicted octanol–water partition coefficient (Wildman–Crippen LogP) is 3.36. The molecular weight excluding hydrogens is 749 g/mol. The maximum absolute atomic E-state index is 14.9. The number of hydrogen-bond acceptors (Lipinski definition) is 6. The summed E-state index contributed by atoms with van der Waals surface area (Å²) >= 11 is 0. The van der Waals surface area contributed by atoms with Crippen LogP contribution in [0.15, 0.2) is 0 Å². The van der Waals surface area contributed by atoms with E-state index in [1.807, 2.05) is 0 Å². The van der Waals surface area contributed by atoms with Crippen molar-refractivity contribution >= 4 is 5.91 Å². The number of aliphatic hydroxyl groups excluding tert-OH is 4. The molecule has 1 aliphatic rings. The molecule has 4 N–H and O–H groups in total. The first-order valence-corrected chi connectivity index (χ1v) is 12.8. The van der Waals surface area contributed by atoms with Crippen molar-refractivity contribution in [2.45, 2.75) is 90.6 Å². The van der Waals surface area contributed by atoms with Crippen molar-refractivity contribution in [3.8, 4) is 0 Å². The third kappa shape index (κ3) is 6.94. The van der Waals surface area contributed by atoms with Gasteiger partial charge in [-0.25, -0.2) is 0 Å². The second kappa shape index (κ2) is 13.1. The number of quaternary nitrogens is 1. The van der Waals surface area contributed by atoms with Gasteiger partial charge in [-0.05, 0) is 0 Å². The Morgan fingerprint density at radius 2 is 0.980 bits per heavy atom. The number of ether oxygens (including phenoxy) is 1. The van der Waals surface area contributed by atoms with Gasteiger partial charge in [0.25, 0.3) is 0 Å². The summed E-state index contributed by atoms with van der Waals surface area (Å²) in [7, 11) is 4.03. The summed E-state index contributed by atoms with van der Waals surface area (Å²) in [5.41, 5.74) is 0. The fraction of sp³-hybridized carbons (Fsp3) is 0.955. The van der Waals surface area contributed by atoms with Crippen LogP contribution in [0.3, 0.4) is 0 Å². The predicted molar refractivity (Wildman–Crippen MR) is 119 cm³/mol. The summed E-state index contributed by atoms with van der Waals surface area (Å²) in [5.74, 6) is -73.8. The summed E-state index contributed by atoms with van der Waals surface area (Å²) in [4.78, 5) is 11.7. The highest BCUT2D eigenvalue weighted by Crippen LogP contribution is 2.65. The van der Waals surface area contributed by atoms with Gasteiger partial charge in [-0.15, -0.1) is 0 Å². The number of aliphatic hydroxyl groups is 4. The van der Waals surface area contributed by atoms with Gasteiger partial charge in [-0.2, -0.15) is 83.4 Å². The van der Waals surface area contributed by atoms with Crippen molar-refractivity contribution in [2.75, 3.05) is 40.8 Å². The van der Waals surface area contributed by atoms with E-state index < -0.39 is 115 Å². The summed E-state index contributed by atoms with van der Waals surface area (Å²) in [5, 5.41) is 39.1. The molecule has 27 heteroatoms. The molecule has 0 radical (unpaired) electrons. The molecule has 0 aromatic rings. The molecule has 1 fully saturated rings. The van der Waals surface area contributed by atoms with E-state index in [-0.39, 0.29) is 11.0 Å². The molecule has 0 aromatic heterocycles. The third-order valence-electron chi connectivity index (χ3n) is 7.05. The molecule has 0 unspecified atom stereocenters. The Morgan fingerprint density at radius 1 is 0.612 bits per heavy atom. The second-order valence-corrected chi connectivity index (χ2v) is 11.7. The van der Waals surface area contributed by atoms with Crippen LogP contribution in [-0.4, -0.2) is 161 Å². The number of amides is 1. The van der Waals surface area contributed by atoms with Crippen molar-refractivity contribution in [3.05, 3.63) is 0 Å². The van der Waals surface area contributed by atoms with E-state index in [0.29, 0.717) is 0 Å². The van der Waals surface area contributed by atoms with Crippen LogP contribution in [0.1, 0.15) is 6.42 Å². The first-order valence-electron chi connectivity index (χ1n) is 12.8. The molecule has 49 heavy (non-hydrogen) atoms. The van der Waals surface area contributed by atoms with E-state index in [0.717, 1.165) is 0 Å². The molecular formula is C22H26F19N2O6+. The lowest BCUT2D eigenvalue weighted by molar-refractivity contribution is -0.870. The Balaban J connectivity index is 3.85. The lowest BCUT2D eigenvalue weighted by Gasteiger charge is -2.46. The van der Waals surface area contributed by atoms with Gasteiger partial charge in [0.1, 0.15) is 24.4 Å². The van der Waals surface area contributed by atoms with E-state index in [2.05, 4.69) is 4.74 Å². The lowest BCUT2D eigenvalue weighted by atomic mass is 9.87. The fourth-order valence-electron chi connectivity index (χ4n) is 4.07. The van der Waals surface area contributed by atoms with Crippen molar-refractivity contribution in [3.63, 3.8) is 0 Å². The highest BCUT2D eigenvalue weighted by molar-refractivity contribution is 5.85. The standard InChI is InChI=1S/C22H26F19N2O6/c1-43(2,3)6-4-5-42(12-11(47)10(46)9(45)8(7-44)49-12)13(48)14(23,24)15(25,26)16(27,28)17(29,30)18(31,32)19(33,34)20(35,36)21(37,38)22(39,40)41/h8-12,44-47H,4-7H2,1-3H3/q+1/t8-,9-,10+,11-,12-/m1/s1. The number of alkyl halides is 19. The SMILES string of the molecule is C[N+](C)(C)CCCN(C(=O)C(F)(F)C(F)(F)C(F)(F)C(F)(F)C(F)(F)C(F)(F)C(F)(F)C(F)(F)C(F)(F)F)[C@@H]1O[C@H](CO)[C@@H](O)[C@H](O)[C@H]1O. The average molecular weight is 775 g/mol. The Kier molecular flexibility index (Phi) is 12.1. The van der Waals surface area contributed by atoms with Crippen LogP contribution in [0.2, 0.25) is 0 Å². The molecule has 292 valence electrons. The normalized spacial score (nSPS) is 24.7. The highest BCUT2D eigenvalue weighted by atomic mass is 19.4. The largest absolute Gasteiger partial charge is 0.460 e. The fourth-order valence-corrected chi connectivity index (χ4v) is 4.07. The van der Waals surface area contributed by atoms with Crippen molar-refractivity contribution < 1.29 is 118 Å². The van der Waals surface area contributed by atoms with E-state index in [1.54, 1.807) is 0 Å². The lowest BCUT2D eigenvalue weighted by Crippen LogP contribution is -2.77. The van der Waals surface area contributed by atoms with Gasteiger partial charge < -0.3 is 34.5 Å². The monoisotopic (exact) mass is 775 g/mol. The maximum Gasteiger partial charge on any atom is 0.460 e. The van der Waals surface area contributed by atoms with Crippen molar-refractivity contribution in [2.24, 2.45) is 0 Å². The molecule has 0 saturated carbocycles. The molecule has 1 aliphatic heterocycles.